The van der Waals surface area contributed by atoms with Crippen molar-refractivity contribution in [1.82, 2.24) is 10.8 Å². The molecule has 0 aliphatic rings. The number of carbonyl (C=O) groups excluding carboxylic acids is 1. The molecule has 2 N–H and O–H groups in total. The van der Waals surface area contributed by atoms with Crippen LogP contribution in [0.25, 0.3) is 0 Å². The normalized spacial score (nSPS) is 11.9. The summed E-state index contributed by atoms with van der Waals surface area (Å²) in [6.45, 7) is 3.97. The number of amides is 1. The molecule has 0 aliphatic carbocycles. The Balaban J connectivity index is 1.69. The molecule has 0 unspecified atom stereocenters. The van der Waals surface area contributed by atoms with Crippen LogP contribution in [-0.4, -0.2) is 38.6 Å². The quantitative estimate of drug-likeness (QED) is 0.236. The van der Waals surface area contributed by atoms with Crippen LogP contribution < -0.4 is 15.5 Å². The molecule has 3 aromatic rings. The fourth-order valence-electron chi connectivity index (χ4n) is 3.48. The molecule has 40 heavy (non-hydrogen) atoms. The number of carbonyl (C=O) groups is 1. The van der Waals surface area contributed by atoms with Crippen LogP contribution in [0, 0.1) is 0 Å². The summed E-state index contributed by atoms with van der Waals surface area (Å²) in [6, 6.07) is 18.0. The summed E-state index contributed by atoms with van der Waals surface area (Å²) in [4.78, 5) is 27.7. The van der Waals surface area contributed by atoms with Crippen molar-refractivity contribution >= 4 is 17.3 Å². The maximum atomic E-state index is 13.0. The number of ether oxygens (including phenoxy) is 1. The maximum Gasteiger partial charge on any atom is 0.416 e. The van der Waals surface area contributed by atoms with E-state index in [0.717, 1.165) is 12.1 Å². The second-order valence-corrected chi connectivity index (χ2v) is 8.00. The minimum Gasteiger partial charge on any atom is -0.457 e. The Bertz CT molecular complexity index is 1390. The second-order valence-electron chi connectivity index (χ2n) is 8.00. The Hall–Kier alpha value is -4.84. The lowest BCUT2D eigenvalue weighted by Crippen LogP contribution is -2.29. The van der Waals surface area contributed by atoms with Crippen molar-refractivity contribution < 1.29 is 37.2 Å². The number of nitrogens with one attached hydrogen (secondary N) is 2. The predicted octanol–water partition coefficient (Wildman–Crippen LogP) is 5.18. The Morgan fingerprint density at radius 3 is 2.23 bits per heavy atom. The number of halogens is 3. The van der Waals surface area contributed by atoms with E-state index in [-0.39, 0.29) is 23.8 Å². The number of alkyl halides is 3. The van der Waals surface area contributed by atoms with Crippen LogP contribution in [-0.2, 0) is 32.1 Å². The Kier molecular flexibility index (Phi) is 10.3. The van der Waals surface area contributed by atoms with Crippen LogP contribution in [0.15, 0.2) is 95.4 Å². The van der Waals surface area contributed by atoms with Crippen molar-refractivity contribution in [2.45, 2.75) is 12.8 Å². The van der Waals surface area contributed by atoms with E-state index in [1.807, 2.05) is 0 Å². The van der Waals surface area contributed by atoms with Crippen molar-refractivity contribution in [3.8, 4) is 11.5 Å². The smallest absolute Gasteiger partial charge is 0.416 e. The van der Waals surface area contributed by atoms with Gasteiger partial charge in [-0.2, -0.15) is 13.2 Å². The molecule has 3 rings (SSSR count). The van der Waals surface area contributed by atoms with Crippen molar-refractivity contribution in [1.29, 1.82) is 0 Å². The first-order chi connectivity index (χ1) is 19.2. The number of oxime groups is 2. The van der Waals surface area contributed by atoms with E-state index in [1.54, 1.807) is 48.5 Å². The molecule has 3 aromatic carbocycles. The van der Waals surface area contributed by atoms with E-state index in [2.05, 4.69) is 27.7 Å². The van der Waals surface area contributed by atoms with Crippen LogP contribution in [0.3, 0.4) is 0 Å². The number of hydroxylamine groups is 1. The van der Waals surface area contributed by atoms with Gasteiger partial charge in [-0.05, 0) is 48.0 Å². The summed E-state index contributed by atoms with van der Waals surface area (Å²) in [7, 11) is 4.19. The van der Waals surface area contributed by atoms with Gasteiger partial charge in [-0.1, -0.05) is 47.2 Å². The lowest BCUT2D eigenvalue weighted by molar-refractivity contribution is -0.137. The third-order valence-electron chi connectivity index (χ3n) is 5.31. The van der Waals surface area contributed by atoms with Gasteiger partial charge in [0, 0.05) is 18.2 Å². The van der Waals surface area contributed by atoms with Crippen LogP contribution >= 0.6 is 0 Å². The molecule has 0 heterocycles. The molecule has 0 radical (unpaired) electrons. The van der Waals surface area contributed by atoms with Gasteiger partial charge in [-0.25, -0.2) is 0 Å². The fraction of sp³-hybridized carbons (Fsp3) is 0.179. The highest BCUT2D eigenvalue weighted by Crippen LogP contribution is 2.32. The number of hydrogen-bond donors (Lipinski definition) is 2. The van der Waals surface area contributed by atoms with Gasteiger partial charge in [0.25, 0.3) is 5.91 Å². The SMILES string of the molecule is C=C(NOCc1ccccc1C(=NOC)C(=O)NC)C(=NOC)c1ccc(Oc2cccc(C(F)(F)F)c2)cc1. The molecule has 0 spiro atoms. The van der Waals surface area contributed by atoms with Crippen LogP contribution in [0.1, 0.15) is 22.3 Å². The third-order valence-corrected chi connectivity index (χ3v) is 5.31. The lowest BCUT2D eigenvalue weighted by atomic mass is 10.0. The van der Waals surface area contributed by atoms with Gasteiger partial charge in [-0.3, -0.25) is 15.1 Å². The van der Waals surface area contributed by atoms with E-state index in [4.69, 9.17) is 19.2 Å². The Morgan fingerprint density at radius 1 is 0.900 bits per heavy atom. The highest BCUT2D eigenvalue weighted by molar-refractivity contribution is 6.45. The molecule has 210 valence electrons. The average Bonchev–Trinajstić information content (AvgIpc) is 2.95. The van der Waals surface area contributed by atoms with Gasteiger partial charge < -0.3 is 19.7 Å². The van der Waals surface area contributed by atoms with Crippen molar-refractivity contribution in [2.24, 2.45) is 10.3 Å². The number of likely N-dealkylation sites (N-methyl/N-ethyl adjacent to an activating group) is 1. The van der Waals surface area contributed by atoms with Gasteiger partial charge in [0.15, 0.2) is 5.71 Å². The third kappa shape index (κ3) is 7.84. The zero-order valence-corrected chi connectivity index (χ0v) is 21.9. The van der Waals surface area contributed by atoms with Crippen molar-refractivity contribution in [2.75, 3.05) is 21.3 Å². The largest absolute Gasteiger partial charge is 0.457 e. The average molecular weight is 557 g/mol. The predicted molar refractivity (Wildman–Crippen MR) is 143 cm³/mol. The summed E-state index contributed by atoms with van der Waals surface area (Å²) in [6.07, 6.45) is -4.48. The van der Waals surface area contributed by atoms with Crippen LogP contribution in [0.4, 0.5) is 13.2 Å². The van der Waals surface area contributed by atoms with Gasteiger partial charge in [0.1, 0.15) is 38.0 Å². The molecule has 0 fully saturated rings. The van der Waals surface area contributed by atoms with Gasteiger partial charge >= 0.3 is 6.18 Å². The van der Waals surface area contributed by atoms with Crippen LogP contribution in [0.2, 0.25) is 0 Å². The highest BCUT2D eigenvalue weighted by Gasteiger charge is 2.30. The summed E-state index contributed by atoms with van der Waals surface area (Å²) in [5, 5.41) is 10.3. The first kappa shape index (κ1) is 29.7. The van der Waals surface area contributed by atoms with Crippen molar-refractivity contribution in [3.05, 3.63) is 107 Å². The van der Waals surface area contributed by atoms with E-state index in [1.165, 1.54) is 33.4 Å². The summed E-state index contributed by atoms with van der Waals surface area (Å²) in [5.74, 6) is -0.0687. The fourth-order valence-corrected chi connectivity index (χ4v) is 3.48. The van der Waals surface area contributed by atoms with Gasteiger partial charge in [-0.15, -0.1) is 0 Å². The van der Waals surface area contributed by atoms with Crippen molar-refractivity contribution in [3.63, 3.8) is 0 Å². The number of nitrogens with zero attached hydrogens (tertiary/aromatic N) is 2. The molecule has 0 bridgehead atoms. The first-order valence-corrected chi connectivity index (χ1v) is 11.7. The standard InChI is InChI=1S/C28H27F3N4O5/c1-18(33-39-17-20-8-5-6-11-24(20)26(35-38-4)27(36)32-2)25(34-37-3)19-12-14-22(15-13-19)40-23-10-7-9-21(16-23)28(29,30)31/h5-16,33H,1,17H2,2-4H3,(H,32,36). The number of benzene rings is 3. The topological polar surface area (TPSA) is 103 Å². The van der Waals surface area contributed by atoms with E-state index in [9.17, 15) is 18.0 Å². The molecule has 0 atom stereocenters. The van der Waals surface area contributed by atoms with Gasteiger partial charge in [0.05, 0.1) is 11.3 Å². The van der Waals surface area contributed by atoms with Crippen LogP contribution in [0.5, 0.6) is 11.5 Å². The number of hydrogen-bond acceptors (Lipinski definition) is 8. The number of allylic oxidation sites excluding steroid dienone is 1. The molecule has 0 saturated carbocycles. The zero-order chi connectivity index (χ0) is 29.1. The highest BCUT2D eigenvalue weighted by atomic mass is 19.4. The van der Waals surface area contributed by atoms with E-state index < -0.39 is 17.6 Å². The van der Waals surface area contributed by atoms with E-state index in [0.29, 0.717) is 28.2 Å². The molecular formula is C28H27F3N4O5. The number of rotatable bonds is 12. The minimum atomic E-state index is -4.48. The first-order valence-electron chi connectivity index (χ1n) is 11.7. The molecule has 0 aromatic heterocycles. The summed E-state index contributed by atoms with van der Waals surface area (Å²) >= 11 is 0. The Morgan fingerprint density at radius 2 is 1.57 bits per heavy atom. The summed E-state index contributed by atoms with van der Waals surface area (Å²) in [5.41, 5.74) is 4.26. The maximum absolute atomic E-state index is 13.0. The monoisotopic (exact) mass is 556 g/mol. The molecule has 0 saturated heterocycles. The molecule has 12 heteroatoms. The molecule has 1 amide bonds. The molecule has 9 nitrogen and oxygen atoms in total. The van der Waals surface area contributed by atoms with Gasteiger partial charge in [0.2, 0.25) is 0 Å². The Labute approximate surface area is 228 Å². The van der Waals surface area contributed by atoms with E-state index >= 15 is 0 Å². The lowest BCUT2D eigenvalue weighted by Gasteiger charge is -2.15. The molecular weight excluding hydrogens is 529 g/mol. The second kappa shape index (κ2) is 13.8. The zero-order valence-electron chi connectivity index (χ0n) is 21.9. The minimum absolute atomic E-state index is 0.0267. The molecule has 0 aliphatic heterocycles. The summed E-state index contributed by atoms with van der Waals surface area (Å²) < 4.78 is 44.5.